The SMILES string of the molecule is Cn1c(=O)oc2ccc(S(=O)(=O)N3CCN(CCO)CC3)cc21. The van der Waals surface area contributed by atoms with E-state index < -0.39 is 15.8 Å². The molecule has 1 saturated heterocycles. The Balaban J connectivity index is 1.88. The molecule has 0 aliphatic carbocycles. The summed E-state index contributed by atoms with van der Waals surface area (Å²) in [5, 5.41) is 8.94. The second-order valence-electron chi connectivity index (χ2n) is 5.53. The zero-order valence-electron chi connectivity index (χ0n) is 12.8. The Labute approximate surface area is 133 Å². The van der Waals surface area contributed by atoms with Crippen LogP contribution in [0.3, 0.4) is 0 Å². The smallest absolute Gasteiger partial charge is 0.408 e. The molecule has 0 radical (unpaired) electrons. The van der Waals surface area contributed by atoms with Crippen LogP contribution in [0.15, 0.2) is 32.3 Å². The fraction of sp³-hybridized carbons (Fsp3) is 0.500. The van der Waals surface area contributed by atoms with Crippen LogP contribution >= 0.6 is 0 Å². The molecule has 0 amide bonds. The molecule has 1 aromatic carbocycles. The minimum Gasteiger partial charge on any atom is -0.408 e. The van der Waals surface area contributed by atoms with Gasteiger partial charge in [0, 0.05) is 39.8 Å². The summed E-state index contributed by atoms with van der Waals surface area (Å²) in [4.78, 5) is 13.7. The van der Waals surface area contributed by atoms with Crippen LogP contribution in [0.25, 0.3) is 11.1 Å². The summed E-state index contributed by atoms with van der Waals surface area (Å²) in [7, 11) is -2.07. The molecule has 3 rings (SSSR count). The zero-order chi connectivity index (χ0) is 16.6. The number of sulfonamides is 1. The number of fused-ring (bicyclic) bond motifs is 1. The third kappa shape index (κ3) is 2.92. The molecule has 0 spiro atoms. The number of nitrogens with zero attached hydrogens (tertiary/aromatic N) is 3. The highest BCUT2D eigenvalue weighted by Crippen LogP contribution is 2.22. The quantitative estimate of drug-likeness (QED) is 0.800. The summed E-state index contributed by atoms with van der Waals surface area (Å²) in [5.74, 6) is -0.521. The lowest BCUT2D eigenvalue weighted by Gasteiger charge is -2.33. The van der Waals surface area contributed by atoms with Gasteiger partial charge in [0.1, 0.15) is 0 Å². The van der Waals surface area contributed by atoms with Gasteiger partial charge in [-0.15, -0.1) is 0 Å². The van der Waals surface area contributed by atoms with E-state index in [9.17, 15) is 13.2 Å². The Hall–Kier alpha value is -1.68. The molecule has 0 atom stereocenters. The van der Waals surface area contributed by atoms with Gasteiger partial charge >= 0.3 is 5.76 Å². The van der Waals surface area contributed by atoms with E-state index in [0.717, 1.165) is 0 Å². The van der Waals surface area contributed by atoms with Crippen LogP contribution in [-0.4, -0.2) is 66.6 Å². The van der Waals surface area contributed by atoms with Crippen LogP contribution in [-0.2, 0) is 17.1 Å². The monoisotopic (exact) mass is 341 g/mol. The molecule has 0 saturated carbocycles. The highest BCUT2D eigenvalue weighted by molar-refractivity contribution is 7.89. The molecule has 1 N–H and O–H groups in total. The number of β-amino-alcohol motifs (C(OH)–C–C–N with tert-alkyl or cyclic N) is 1. The molecule has 0 bridgehead atoms. The molecule has 0 unspecified atom stereocenters. The van der Waals surface area contributed by atoms with Crippen molar-refractivity contribution in [2.75, 3.05) is 39.3 Å². The molecular formula is C14H19N3O5S. The first-order chi connectivity index (χ1) is 10.9. The molecule has 1 aliphatic heterocycles. The van der Waals surface area contributed by atoms with Crippen LogP contribution in [0.2, 0.25) is 0 Å². The van der Waals surface area contributed by atoms with Crippen molar-refractivity contribution in [1.82, 2.24) is 13.8 Å². The van der Waals surface area contributed by atoms with Crippen molar-refractivity contribution < 1.29 is 17.9 Å². The number of aromatic nitrogens is 1. The Morgan fingerprint density at radius 1 is 1.22 bits per heavy atom. The Kier molecular flexibility index (Phi) is 4.28. The largest absolute Gasteiger partial charge is 0.419 e. The van der Waals surface area contributed by atoms with E-state index in [1.807, 2.05) is 4.90 Å². The molecule has 1 aliphatic rings. The van der Waals surface area contributed by atoms with Gasteiger partial charge in [-0.3, -0.25) is 9.47 Å². The minimum absolute atomic E-state index is 0.0674. The van der Waals surface area contributed by atoms with Gasteiger partial charge in [-0.1, -0.05) is 0 Å². The van der Waals surface area contributed by atoms with E-state index in [4.69, 9.17) is 9.52 Å². The van der Waals surface area contributed by atoms with Crippen molar-refractivity contribution in [2.24, 2.45) is 7.05 Å². The van der Waals surface area contributed by atoms with E-state index >= 15 is 0 Å². The number of hydrogen-bond acceptors (Lipinski definition) is 6. The zero-order valence-corrected chi connectivity index (χ0v) is 13.6. The first-order valence-electron chi connectivity index (χ1n) is 7.36. The molecule has 2 aromatic rings. The van der Waals surface area contributed by atoms with Crippen molar-refractivity contribution in [3.8, 4) is 0 Å². The predicted molar refractivity (Wildman–Crippen MR) is 83.7 cm³/mol. The summed E-state index contributed by atoms with van der Waals surface area (Å²) in [6.07, 6.45) is 0. The lowest BCUT2D eigenvalue weighted by atomic mass is 10.3. The van der Waals surface area contributed by atoms with Gasteiger partial charge in [0.25, 0.3) is 0 Å². The van der Waals surface area contributed by atoms with Crippen molar-refractivity contribution in [3.05, 3.63) is 28.7 Å². The van der Waals surface area contributed by atoms with Crippen molar-refractivity contribution >= 4 is 21.1 Å². The average Bonchev–Trinajstić information content (AvgIpc) is 2.82. The van der Waals surface area contributed by atoms with Crippen LogP contribution in [0, 0.1) is 0 Å². The summed E-state index contributed by atoms with van der Waals surface area (Å²) in [5.41, 5.74) is 0.819. The molecular weight excluding hydrogens is 322 g/mol. The van der Waals surface area contributed by atoms with Crippen LogP contribution in [0.4, 0.5) is 0 Å². The third-order valence-corrected chi connectivity index (χ3v) is 6.04. The van der Waals surface area contributed by atoms with Crippen molar-refractivity contribution in [3.63, 3.8) is 0 Å². The van der Waals surface area contributed by atoms with Crippen molar-refractivity contribution in [2.45, 2.75) is 4.90 Å². The number of aliphatic hydroxyl groups excluding tert-OH is 1. The number of oxazole rings is 1. The third-order valence-electron chi connectivity index (χ3n) is 4.15. The number of rotatable bonds is 4. The van der Waals surface area contributed by atoms with Gasteiger partial charge in [-0.2, -0.15) is 4.31 Å². The van der Waals surface area contributed by atoms with Gasteiger partial charge in [-0.05, 0) is 18.2 Å². The molecule has 1 fully saturated rings. The van der Waals surface area contributed by atoms with E-state index in [2.05, 4.69) is 0 Å². The van der Waals surface area contributed by atoms with E-state index in [1.54, 1.807) is 0 Å². The number of hydrogen-bond donors (Lipinski definition) is 1. The fourth-order valence-electron chi connectivity index (χ4n) is 2.75. The van der Waals surface area contributed by atoms with E-state index in [1.165, 1.54) is 34.1 Å². The molecule has 8 nitrogen and oxygen atoms in total. The van der Waals surface area contributed by atoms with Crippen LogP contribution < -0.4 is 5.76 Å². The van der Waals surface area contributed by atoms with E-state index in [0.29, 0.717) is 43.8 Å². The molecule has 126 valence electrons. The summed E-state index contributed by atoms with van der Waals surface area (Å²) in [6, 6.07) is 4.43. The lowest BCUT2D eigenvalue weighted by molar-refractivity contribution is 0.151. The van der Waals surface area contributed by atoms with Crippen LogP contribution in [0.5, 0.6) is 0 Å². The first-order valence-corrected chi connectivity index (χ1v) is 8.80. The molecule has 1 aromatic heterocycles. The summed E-state index contributed by atoms with van der Waals surface area (Å²) < 4.78 is 33.2. The Bertz CT molecular complexity index is 862. The number of piperazine rings is 1. The molecule has 2 heterocycles. The van der Waals surface area contributed by atoms with E-state index in [-0.39, 0.29) is 11.5 Å². The molecule has 9 heteroatoms. The van der Waals surface area contributed by atoms with Gasteiger partial charge in [0.15, 0.2) is 5.58 Å². The summed E-state index contributed by atoms with van der Waals surface area (Å²) in [6.45, 7) is 2.56. The molecule has 23 heavy (non-hydrogen) atoms. The van der Waals surface area contributed by atoms with Gasteiger partial charge in [0.2, 0.25) is 10.0 Å². The van der Waals surface area contributed by atoms with Gasteiger partial charge in [-0.25, -0.2) is 13.2 Å². The maximum absolute atomic E-state index is 12.8. The maximum atomic E-state index is 12.8. The fourth-order valence-corrected chi connectivity index (χ4v) is 4.19. The average molecular weight is 341 g/mol. The number of benzene rings is 1. The van der Waals surface area contributed by atoms with Crippen molar-refractivity contribution in [1.29, 1.82) is 0 Å². The topological polar surface area (TPSA) is 96.0 Å². The Morgan fingerprint density at radius 3 is 2.57 bits per heavy atom. The van der Waals surface area contributed by atoms with Gasteiger partial charge in [0.05, 0.1) is 17.0 Å². The minimum atomic E-state index is -3.61. The second kappa shape index (κ2) is 6.08. The normalized spacial score (nSPS) is 17.8. The highest BCUT2D eigenvalue weighted by atomic mass is 32.2. The predicted octanol–water partition coefficient (Wildman–Crippen LogP) is -0.570. The maximum Gasteiger partial charge on any atom is 0.419 e. The highest BCUT2D eigenvalue weighted by Gasteiger charge is 2.28. The van der Waals surface area contributed by atoms with Crippen LogP contribution in [0.1, 0.15) is 0 Å². The van der Waals surface area contributed by atoms with Gasteiger partial charge < -0.3 is 9.52 Å². The lowest BCUT2D eigenvalue weighted by Crippen LogP contribution is -2.49. The first kappa shape index (κ1) is 16.2. The number of aryl methyl sites for hydroxylation is 1. The number of aliphatic hydroxyl groups is 1. The second-order valence-corrected chi connectivity index (χ2v) is 7.46. The standard InChI is InChI=1S/C14H19N3O5S/c1-15-12-10-11(2-3-13(12)22-14(15)19)23(20,21)17-6-4-16(5-7-17)8-9-18/h2-3,10,18H,4-9H2,1H3. The Morgan fingerprint density at radius 2 is 1.91 bits per heavy atom. The summed E-state index contributed by atoms with van der Waals surface area (Å²) >= 11 is 0.